The van der Waals surface area contributed by atoms with Crippen LogP contribution in [0.3, 0.4) is 0 Å². The molecular weight excluding hydrogens is 268 g/mol. The molecule has 0 radical (unpaired) electrons. The lowest BCUT2D eigenvalue weighted by atomic mass is 10.1. The van der Waals surface area contributed by atoms with Gasteiger partial charge in [0.15, 0.2) is 0 Å². The van der Waals surface area contributed by atoms with Crippen molar-refractivity contribution in [1.29, 1.82) is 0 Å². The van der Waals surface area contributed by atoms with E-state index in [1.165, 1.54) is 0 Å². The van der Waals surface area contributed by atoms with Crippen LogP contribution in [0.5, 0.6) is 0 Å². The average molecular weight is 284 g/mol. The van der Waals surface area contributed by atoms with Gasteiger partial charge in [0.05, 0.1) is 24.5 Å². The maximum absolute atomic E-state index is 12.1. The van der Waals surface area contributed by atoms with Crippen molar-refractivity contribution in [2.75, 3.05) is 0 Å². The summed E-state index contributed by atoms with van der Waals surface area (Å²) in [6.45, 7) is 2.76. The molecular formula is C14H16N6O. The smallest absolute Gasteiger partial charge is 0.225 e. The molecule has 0 spiro atoms. The zero-order valence-electron chi connectivity index (χ0n) is 11.7. The summed E-state index contributed by atoms with van der Waals surface area (Å²) in [7, 11) is 0. The lowest BCUT2D eigenvalue weighted by Gasteiger charge is -2.11. The van der Waals surface area contributed by atoms with Crippen LogP contribution in [0, 0.1) is 5.92 Å². The lowest BCUT2D eigenvalue weighted by Crippen LogP contribution is -2.31. The van der Waals surface area contributed by atoms with Gasteiger partial charge in [0.25, 0.3) is 0 Å². The maximum Gasteiger partial charge on any atom is 0.225 e. The minimum absolute atomic E-state index is 0.0361. The first-order valence-corrected chi connectivity index (χ1v) is 6.78. The molecule has 3 rings (SSSR count). The van der Waals surface area contributed by atoms with E-state index in [-0.39, 0.29) is 11.8 Å². The highest BCUT2D eigenvalue weighted by Gasteiger charge is 2.15. The Bertz CT molecular complexity index is 733. The zero-order chi connectivity index (χ0) is 14.7. The van der Waals surface area contributed by atoms with Crippen molar-refractivity contribution < 1.29 is 4.79 Å². The molecule has 2 heterocycles. The molecule has 21 heavy (non-hydrogen) atoms. The summed E-state index contributed by atoms with van der Waals surface area (Å²) in [4.78, 5) is 19.1. The van der Waals surface area contributed by atoms with Crippen LogP contribution in [-0.2, 0) is 17.9 Å². The fourth-order valence-electron chi connectivity index (χ4n) is 2.13. The number of carbonyl (C=O) groups excluding carboxylic acids is 1. The van der Waals surface area contributed by atoms with Gasteiger partial charge in [-0.1, -0.05) is 24.3 Å². The van der Waals surface area contributed by atoms with Crippen molar-refractivity contribution in [3.8, 4) is 0 Å². The number of aromatic amines is 1. The van der Waals surface area contributed by atoms with Crippen molar-refractivity contribution >= 4 is 16.9 Å². The number of rotatable bonds is 5. The predicted molar refractivity (Wildman–Crippen MR) is 77.1 cm³/mol. The summed E-state index contributed by atoms with van der Waals surface area (Å²) < 4.78 is 1.76. The van der Waals surface area contributed by atoms with Gasteiger partial charge in [0.2, 0.25) is 5.91 Å². The van der Waals surface area contributed by atoms with Gasteiger partial charge in [0.1, 0.15) is 11.3 Å². The molecule has 7 heteroatoms. The minimum atomic E-state index is -0.204. The van der Waals surface area contributed by atoms with Gasteiger partial charge in [-0.3, -0.25) is 4.79 Å². The molecule has 0 saturated heterocycles. The Morgan fingerprint density at radius 2 is 2.29 bits per heavy atom. The fourth-order valence-corrected chi connectivity index (χ4v) is 2.13. The Kier molecular flexibility index (Phi) is 3.63. The molecule has 2 aromatic heterocycles. The number of imidazole rings is 1. The van der Waals surface area contributed by atoms with E-state index in [0.717, 1.165) is 16.9 Å². The fraction of sp³-hybridized carbons (Fsp3) is 0.286. The number of amides is 1. The number of para-hydroxylation sites is 1. The van der Waals surface area contributed by atoms with Crippen LogP contribution in [0.4, 0.5) is 0 Å². The van der Waals surface area contributed by atoms with Gasteiger partial charge in [0, 0.05) is 12.4 Å². The van der Waals surface area contributed by atoms with Crippen LogP contribution >= 0.6 is 0 Å². The largest absolute Gasteiger partial charge is 0.349 e. The van der Waals surface area contributed by atoms with E-state index in [1.54, 1.807) is 17.1 Å². The van der Waals surface area contributed by atoms with E-state index in [1.807, 2.05) is 31.2 Å². The predicted octanol–water partition coefficient (Wildman–Crippen LogP) is 1.11. The second-order valence-electron chi connectivity index (χ2n) is 4.91. The van der Waals surface area contributed by atoms with Gasteiger partial charge in [-0.2, -0.15) is 0 Å². The van der Waals surface area contributed by atoms with Crippen molar-refractivity contribution in [3.05, 3.63) is 42.5 Å². The minimum Gasteiger partial charge on any atom is -0.349 e. The molecule has 2 N–H and O–H groups in total. The van der Waals surface area contributed by atoms with Crippen molar-refractivity contribution in [2.24, 2.45) is 5.92 Å². The molecule has 3 aromatic rings. The Morgan fingerprint density at radius 1 is 1.43 bits per heavy atom. The van der Waals surface area contributed by atoms with E-state index in [9.17, 15) is 4.79 Å². The molecule has 0 fully saturated rings. The third kappa shape index (κ3) is 2.91. The highest BCUT2D eigenvalue weighted by atomic mass is 16.1. The van der Waals surface area contributed by atoms with Crippen LogP contribution in [0.25, 0.3) is 11.0 Å². The molecule has 1 amide bonds. The maximum atomic E-state index is 12.1. The van der Waals surface area contributed by atoms with Gasteiger partial charge in [-0.25, -0.2) is 9.67 Å². The van der Waals surface area contributed by atoms with Crippen molar-refractivity contribution in [2.45, 2.75) is 20.0 Å². The van der Waals surface area contributed by atoms with Gasteiger partial charge >= 0.3 is 0 Å². The van der Waals surface area contributed by atoms with Gasteiger partial charge in [-0.15, -0.1) is 5.10 Å². The molecule has 1 aromatic carbocycles. The summed E-state index contributed by atoms with van der Waals surface area (Å²) in [5, 5.41) is 11.0. The zero-order valence-corrected chi connectivity index (χ0v) is 11.7. The Hall–Kier alpha value is -2.70. The third-order valence-corrected chi connectivity index (χ3v) is 3.30. The standard InChI is InChI=1S/C14H16N6O/c1-10(14(21)17-8-13-15-6-7-16-13)9-20-12-5-3-2-4-11(12)18-19-20/h2-7,10H,8-9H2,1H3,(H,15,16)(H,17,21)/t10-/m0/s1. The number of benzene rings is 1. The second-order valence-corrected chi connectivity index (χ2v) is 4.91. The van der Waals surface area contributed by atoms with Gasteiger partial charge < -0.3 is 10.3 Å². The van der Waals surface area contributed by atoms with E-state index >= 15 is 0 Å². The van der Waals surface area contributed by atoms with Crippen LogP contribution in [0.15, 0.2) is 36.7 Å². The Labute approximate surface area is 121 Å². The lowest BCUT2D eigenvalue weighted by molar-refractivity contribution is -0.125. The molecule has 0 aliphatic rings. The van der Waals surface area contributed by atoms with E-state index in [2.05, 4.69) is 25.6 Å². The van der Waals surface area contributed by atoms with E-state index in [0.29, 0.717) is 13.1 Å². The molecule has 108 valence electrons. The number of nitrogens with one attached hydrogen (secondary N) is 2. The topological polar surface area (TPSA) is 88.5 Å². The van der Waals surface area contributed by atoms with Crippen molar-refractivity contribution in [1.82, 2.24) is 30.3 Å². The first-order chi connectivity index (χ1) is 10.2. The molecule has 0 unspecified atom stereocenters. The quantitative estimate of drug-likeness (QED) is 0.734. The summed E-state index contributed by atoms with van der Waals surface area (Å²) >= 11 is 0. The number of nitrogens with zero attached hydrogens (tertiary/aromatic N) is 4. The van der Waals surface area contributed by atoms with Crippen molar-refractivity contribution in [3.63, 3.8) is 0 Å². The average Bonchev–Trinajstić information content (AvgIpc) is 3.15. The number of fused-ring (bicyclic) bond motifs is 1. The normalized spacial score (nSPS) is 12.4. The summed E-state index contributed by atoms with van der Waals surface area (Å²) in [6, 6.07) is 7.70. The Balaban J connectivity index is 1.62. The third-order valence-electron chi connectivity index (χ3n) is 3.30. The highest BCUT2D eigenvalue weighted by Crippen LogP contribution is 2.11. The van der Waals surface area contributed by atoms with Crippen LogP contribution in [0.1, 0.15) is 12.7 Å². The number of hydrogen-bond acceptors (Lipinski definition) is 4. The van der Waals surface area contributed by atoms with E-state index < -0.39 is 0 Å². The SMILES string of the molecule is C[C@@H](Cn1nnc2ccccc21)C(=O)NCc1ncc[nH]1. The molecule has 1 atom stereocenters. The number of aromatic nitrogens is 5. The molecule has 7 nitrogen and oxygen atoms in total. The Morgan fingerprint density at radius 3 is 3.10 bits per heavy atom. The monoisotopic (exact) mass is 284 g/mol. The molecule has 0 saturated carbocycles. The summed E-state index contributed by atoms with van der Waals surface area (Å²) in [5.41, 5.74) is 1.77. The second kappa shape index (κ2) is 5.74. The molecule has 0 aliphatic heterocycles. The molecule has 0 aliphatic carbocycles. The van der Waals surface area contributed by atoms with E-state index in [4.69, 9.17) is 0 Å². The number of H-pyrrole nitrogens is 1. The van der Waals surface area contributed by atoms with Crippen LogP contribution in [0.2, 0.25) is 0 Å². The number of hydrogen-bond donors (Lipinski definition) is 2. The first kappa shape index (κ1) is 13.3. The van der Waals surface area contributed by atoms with Crippen LogP contribution in [-0.4, -0.2) is 30.9 Å². The highest BCUT2D eigenvalue weighted by molar-refractivity contribution is 5.78. The molecule has 0 bridgehead atoms. The summed E-state index contributed by atoms with van der Waals surface area (Å²) in [5.74, 6) is 0.498. The summed E-state index contributed by atoms with van der Waals surface area (Å²) in [6.07, 6.45) is 3.39. The number of carbonyl (C=O) groups is 1. The van der Waals surface area contributed by atoms with Gasteiger partial charge in [-0.05, 0) is 12.1 Å². The van der Waals surface area contributed by atoms with Crippen LogP contribution < -0.4 is 5.32 Å². The first-order valence-electron chi connectivity index (χ1n) is 6.78.